The zero-order chi connectivity index (χ0) is 19.2. The highest BCUT2D eigenvalue weighted by Gasteiger charge is 2.31. The lowest BCUT2D eigenvalue weighted by Crippen LogP contribution is -2.29. The summed E-state index contributed by atoms with van der Waals surface area (Å²) in [5.41, 5.74) is 1.65. The van der Waals surface area contributed by atoms with Gasteiger partial charge in [-0.3, -0.25) is 14.5 Å². The van der Waals surface area contributed by atoms with E-state index < -0.39 is 0 Å². The zero-order valence-electron chi connectivity index (χ0n) is 14.4. The van der Waals surface area contributed by atoms with Crippen LogP contribution in [0.15, 0.2) is 59.5 Å². The monoisotopic (exact) mass is 416 g/mol. The van der Waals surface area contributed by atoms with E-state index in [0.717, 1.165) is 5.56 Å². The first-order chi connectivity index (χ1) is 13.0. The minimum atomic E-state index is -0.109. The number of thioether (sulfide) groups is 1. The summed E-state index contributed by atoms with van der Waals surface area (Å²) in [5, 5.41) is 3.42. The van der Waals surface area contributed by atoms with Crippen molar-refractivity contribution in [2.75, 3.05) is 11.9 Å². The molecule has 4 nitrogen and oxygen atoms in total. The van der Waals surface area contributed by atoms with Crippen molar-refractivity contribution < 1.29 is 9.59 Å². The molecule has 1 aliphatic heterocycles. The number of carbonyl (C=O) groups is 2. The maximum atomic E-state index is 12.6. The van der Waals surface area contributed by atoms with Crippen molar-refractivity contribution in [1.82, 2.24) is 4.90 Å². The standard InChI is InChI=1S/C20H17ClN2O2S2/c21-15-8-10-16(11-9-15)22-18(24)7-4-12-23-19(25)17(27-20(23)26)13-14-5-2-1-3-6-14/h1-3,5-6,8-11,13H,4,7,12H2,(H,22,24)/b17-13-. The molecule has 27 heavy (non-hydrogen) atoms. The van der Waals surface area contributed by atoms with Gasteiger partial charge in [-0.25, -0.2) is 0 Å². The van der Waals surface area contributed by atoms with Gasteiger partial charge in [0.05, 0.1) is 4.91 Å². The van der Waals surface area contributed by atoms with Crippen LogP contribution in [0, 0.1) is 0 Å². The Morgan fingerprint density at radius 2 is 1.85 bits per heavy atom. The van der Waals surface area contributed by atoms with Gasteiger partial charge >= 0.3 is 0 Å². The van der Waals surface area contributed by atoms with E-state index in [4.69, 9.17) is 23.8 Å². The van der Waals surface area contributed by atoms with Crippen LogP contribution < -0.4 is 5.32 Å². The Bertz CT molecular complexity index is 883. The third-order valence-electron chi connectivity index (χ3n) is 3.88. The van der Waals surface area contributed by atoms with Crippen molar-refractivity contribution in [2.24, 2.45) is 0 Å². The molecule has 1 aliphatic rings. The highest BCUT2D eigenvalue weighted by Crippen LogP contribution is 2.32. The summed E-state index contributed by atoms with van der Waals surface area (Å²) in [4.78, 5) is 26.8. The number of hydrogen-bond donors (Lipinski definition) is 1. The number of nitrogens with zero attached hydrogens (tertiary/aromatic N) is 1. The molecule has 2 amide bonds. The number of carbonyl (C=O) groups excluding carboxylic acids is 2. The summed E-state index contributed by atoms with van der Waals surface area (Å²) in [6, 6.07) is 16.6. The first-order valence-electron chi connectivity index (χ1n) is 8.39. The van der Waals surface area contributed by atoms with E-state index in [1.165, 1.54) is 11.8 Å². The van der Waals surface area contributed by atoms with Crippen molar-refractivity contribution in [3.05, 3.63) is 70.1 Å². The average Bonchev–Trinajstić information content (AvgIpc) is 2.92. The Labute approximate surface area is 172 Å². The Morgan fingerprint density at radius 3 is 2.56 bits per heavy atom. The molecule has 0 aromatic heterocycles. The Balaban J connectivity index is 1.51. The first kappa shape index (κ1) is 19.6. The van der Waals surface area contributed by atoms with Crippen LogP contribution in [0.25, 0.3) is 6.08 Å². The van der Waals surface area contributed by atoms with Crippen molar-refractivity contribution in [2.45, 2.75) is 12.8 Å². The van der Waals surface area contributed by atoms with Gasteiger partial charge in [0, 0.05) is 23.7 Å². The van der Waals surface area contributed by atoms with Crippen molar-refractivity contribution in [3.63, 3.8) is 0 Å². The number of rotatable bonds is 6. The molecule has 1 fully saturated rings. The molecule has 0 radical (unpaired) electrons. The second kappa shape index (κ2) is 9.17. The van der Waals surface area contributed by atoms with Crippen molar-refractivity contribution >= 4 is 63.5 Å². The van der Waals surface area contributed by atoms with E-state index in [1.807, 2.05) is 36.4 Å². The summed E-state index contributed by atoms with van der Waals surface area (Å²) in [6.45, 7) is 0.421. The maximum absolute atomic E-state index is 12.6. The molecule has 2 aromatic carbocycles. The second-order valence-corrected chi connectivity index (χ2v) is 8.01. The van der Waals surface area contributed by atoms with Crippen LogP contribution in [-0.4, -0.2) is 27.6 Å². The van der Waals surface area contributed by atoms with E-state index in [9.17, 15) is 9.59 Å². The van der Waals surface area contributed by atoms with Gasteiger partial charge in [-0.15, -0.1) is 0 Å². The van der Waals surface area contributed by atoms with Crippen LogP contribution in [0.2, 0.25) is 5.02 Å². The minimum Gasteiger partial charge on any atom is -0.326 e. The molecule has 7 heteroatoms. The molecule has 0 saturated carbocycles. The van der Waals surface area contributed by atoms with Crippen LogP contribution in [0.4, 0.5) is 5.69 Å². The zero-order valence-corrected chi connectivity index (χ0v) is 16.7. The lowest BCUT2D eigenvalue weighted by atomic mass is 10.2. The number of thiocarbonyl (C=S) groups is 1. The fourth-order valence-corrected chi connectivity index (χ4v) is 3.98. The molecule has 138 valence electrons. The van der Waals surface area contributed by atoms with Crippen molar-refractivity contribution in [1.29, 1.82) is 0 Å². The normalized spacial score (nSPS) is 15.4. The fourth-order valence-electron chi connectivity index (χ4n) is 2.55. The average molecular weight is 417 g/mol. The number of benzene rings is 2. The Kier molecular flexibility index (Phi) is 6.66. The van der Waals surface area contributed by atoms with Gasteiger partial charge in [0.15, 0.2) is 0 Å². The molecular weight excluding hydrogens is 400 g/mol. The molecule has 3 rings (SSSR count). The minimum absolute atomic E-state index is 0.105. The summed E-state index contributed by atoms with van der Waals surface area (Å²) in [5.74, 6) is -0.213. The lowest BCUT2D eigenvalue weighted by Gasteiger charge is -2.14. The smallest absolute Gasteiger partial charge is 0.266 e. The molecule has 1 N–H and O–H groups in total. The van der Waals surface area contributed by atoms with E-state index in [0.29, 0.717) is 39.3 Å². The summed E-state index contributed by atoms with van der Waals surface area (Å²) in [6.07, 6.45) is 2.68. The van der Waals surface area contributed by atoms with Gasteiger partial charge in [-0.05, 0) is 42.3 Å². The molecule has 0 bridgehead atoms. The second-order valence-electron chi connectivity index (χ2n) is 5.90. The predicted octanol–water partition coefficient (Wildman–Crippen LogP) is 4.96. The highest BCUT2D eigenvalue weighted by molar-refractivity contribution is 8.26. The van der Waals surface area contributed by atoms with Crippen LogP contribution >= 0.6 is 35.6 Å². The number of nitrogens with one attached hydrogen (secondary N) is 1. The van der Waals surface area contributed by atoms with Gasteiger partial charge in [0.1, 0.15) is 4.32 Å². The van der Waals surface area contributed by atoms with E-state index in [-0.39, 0.29) is 11.8 Å². The topological polar surface area (TPSA) is 49.4 Å². The molecule has 0 spiro atoms. The fraction of sp³-hybridized carbons (Fsp3) is 0.150. The molecule has 0 unspecified atom stereocenters. The molecule has 0 atom stereocenters. The number of anilines is 1. The van der Waals surface area contributed by atoms with Gasteiger partial charge in [0.25, 0.3) is 5.91 Å². The van der Waals surface area contributed by atoms with Gasteiger partial charge in [-0.2, -0.15) is 0 Å². The van der Waals surface area contributed by atoms with E-state index >= 15 is 0 Å². The SMILES string of the molecule is O=C(CCCN1C(=O)/C(=C/c2ccccc2)SC1=S)Nc1ccc(Cl)cc1. The van der Waals surface area contributed by atoms with Crippen LogP contribution in [0.3, 0.4) is 0 Å². The molecule has 1 saturated heterocycles. The molecular formula is C20H17ClN2O2S2. The third kappa shape index (κ3) is 5.42. The van der Waals surface area contributed by atoms with Gasteiger partial charge < -0.3 is 5.32 Å². The predicted molar refractivity (Wildman–Crippen MR) is 116 cm³/mol. The van der Waals surface area contributed by atoms with Crippen LogP contribution in [-0.2, 0) is 9.59 Å². The number of amides is 2. The summed E-state index contributed by atoms with van der Waals surface area (Å²) < 4.78 is 0.528. The first-order valence-corrected chi connectivity index (χ1v) is 9.99. The van der Waals surface area contributed by atoms with Crippen LogP contribution in [0.5, 0.6) is 0 Å². The lowest BCUT2D eigenvalue weighted by molar-refractivity contribution is -0.122. The van der Waals surface area contributed by atoms with E-state index in [1.54, 1.807) is 29.2 Å². The summed E-state index contributed by atoms with van der Waals surface area (Å²) in [7, 11) is 0. The van der Waals surface area contributed by atoms with E-state index in [2.05, 4.69) is 5.32 Å². The van der Waals surface area contributed by atoms with Gasteiger partial charge in [0.2, 0.25) is 5.91 Å². The van der Waals surface area contributed by atoms with Crippen molar-refractivity contribution in [3.8, 4) is 0 Å². The maximum Gasteiger partial charge on any atom is 0.266 e. The molecule has 2 aromatic rings. The quantitative estimate of drug-likeness (QED) is 0.534. The van der Waals surface area contributed by atoms with Gasteiger partial charge in [-0.1, -0.05) is 65.9 Å². The number of halogens is 1. The Hall–Kier alpha value is -2.15. The summed E-state index contributed by atoms with van der Waals surface area (Å²) >= 11 is 12.4. The molecule has 1 heterocycles. The third-order valence-corrected chi connectivity index (χ3v) is 5.51. The largest absolute Gasteiger partial charge is 0.326 e. The molecule has 0 aliphatic carbocycles. The van der Waals surface area contributed by atoms with Crippen LogP contribution in [0.1, 0.15) is 18.4 Å². The number of hydrogen-bond acceptors (Lipinski definition) is 4. The highest BCUT2D eigenvalue weighted by atomic mass is 35.5. The Morgan fingerprint density at radius 1 is 1.15 bits per heavy atom.